The van der Waals surface area contributed by atoms with Gasteiger partial charge in [0.15, 0.2) is 0 Å². The molecule has 0 bridgehead atoms. The third-order valence-electron chi connectivity index (χ3n) is 8.04. The van der Waals surface area contributed by atoms with Gasteiger partial charge in [-0.1, -0.05) is 12.2 Å². The molecule has 1 fully saturated rings. The standard InChI is InChI=1S/C32H45N2O3P/c1-22-18-27(19-23(2)31(22)35-7)38(28-20-24(3)32(36-8)25(4)21-28)30-11-9-10-29(30)26(5)33(6)12-13-34-14-16-37-17-15-34/h9,11,18-21,26H,10,12-17H2,1-8H3/t26-/m1/s1. The average molecular weight is 537 g/mol. The van der Waals surface area contributed by atoms with Gasteiger partial charge in [0.2, 0.25) is 0 Å². The van der Waals surface area contributed by atoms with E-state index in [1.807, 2.05) is 0 Å². The van der Waals surface area contributed by atoms with Crippen LogP contribution in [0, 0.1) is 27.7 Å². The van der Waals surface area contributed by atoms with Gasteiger partial charge in [-0.25, -0.2) is 0 Å². The number of aryl methyl sites for hydroxylation is 4. The van der Waals surface area contributed by atoms with Gasteiger partial charge in [0.1, 0.15) is 11.5 Å². The van der Waals surface area contributed by atoms with Crippen molar-refractivity contribution < 1.29 is 14.2 Å². The maximum absolute atomic E-state index is 5.72. The molecule has 2 aliphatic rings. The van der Waals surface area contributed by atoms with Gasteiger partial charge in [0.05, 0.1) is 27.4 Å². The molecule has 4 rings (SSSR count). The van der Waals surface area contributed by atoms with Crippen molar-refractivity contribution in [2.75, 3.05) is 60.7 Å². The van der Waals surface area contributed by atoms with E-state index in [1.165, 1.54) is 43.8 Å². The van der Waals surface area contributed by atoms with Gasteiger partial charge >= 0.3 is 0 Å². The second-order valence-corrected chi connectivity index (χ2v) is 12.9. The van der Waals surface area contributed by atoms with Gasteiger partial charge in [-0.3, -0.25) is 9.80 Å². The summed E-state index contributed by atoms with van der Waals surface area (Å²) in [5.41, 5.74) is 6.31. The molecule has 0 unspecified atom stereocenters. The monoisotopic (exact) mass is 536 g/mol. The molecule has 6 heteroatoms. The van der Waals surface area contributed by atoms with Crippen molar-refractivity contribution in [1.29, 1.82) is 0 Å². The molecule has 1 saturated heterocycles. The lowest BCUT2D eigenvalue weighted by molar-refractivity contribution is 0.0335. The van der Waals surface area contributed by atoms with Crippen LogP contribution in [-0.4, -0.2) is 76.5 Å². The second-order valence-electron chi connectivity index (χ2n) is 10.7. The molecule has 0 saturated carbocycles. The molecule has 1 atom stereocenters. The lowest BCUT2D eigenvalue weighted by Crippen LogP contribution is -2.42. The molecule has 0 radical (unpaired) electrons. The minimum Gasteiger partial charge on any atom is -0.496 e. The second kappa shape index (κ2) is 12.8. The van der Waals surface area contributed by atoms with Crippen molar-refractivity contribution >= 4 is 18.5 Å². The predicted molar refractivity (Wildman–Crippen MR) is 161 cm³/mol. The van der Waals surface area contributed by atoms with Crippen LogP contribution in [0.25, 0.3) is 0 Å². The Balaban J connectivity index is 1.74. The molecule has 2 aromatic carbocycles. The number of allylic oxidation sites excluding steroid dienone is 3. The number of benzene rings is 2. The van der Waals surface area contributed by atoms with Crippen molar-refractivity contribution in [2.24, 2.45) is 0 Å². The summed E-state index contributed by atoms with van der Waals surface area (Å²) < 4.78 is 17.0. The fourth-order valence-corrected chi connectivity index (χ4v) is 8.84. The maximum Gasteiger partial charge on any atom is 0.124 e. The zero-order valence-corrected chi connectivity index (χ0v) is 25.5. The molecule has 0 amide bonds. The molecular formula is C32H45N2O3P. The molecule has 0 spiro atoms. The minimum absolute atomic E-state index is 0.368. The highest BCUT2D eigenvalue weighted by atomic mass is 31.1. The van der Waals surface area contributed by atoms with Crippen LogP contribution in [0.3, 0.4) is 0 Å². The lowest BCUT2D eigenvalue weighted by atomic mass is 10.1. The summed E-state index contributed by atoms with van der Waals surface area (Å²) in [6.45, 7) is 16.9. The van der Waals surface area contributed by atoms with Gasteiger partial charge in [-0.2, -0.15) is 0 Å². The Morgan fingerprint density at radius 3 is 1.87 bits per heavy atom. The Morgan fingerprint density at radius 1 is 0.895 bits per heavy atom. The summed E-state index contributed by atoms with van der Waals surface area (Å²) in [5.74, 6) is 1.97. The third-order valence-corrected chi connectivity index (χ3v) is 10.5. The summed E-state index contributed by atoms with van der Waals surface area (Å²) >= 11 is 0. The first-order valence-electron chi connectivity index (χ1n) is 13.8. The van der Waals surface area contributed by atoms with Crippen LogP contribution in [0.2, 0.25) is 0 Å². The summed E-state index contributed by atoms with van der Waals surface area (Å²) in [4.78, 5) is 5.05. The highest BCUT2D eigenvalue weighted by Gasteiger charge is 2.28. The zero-order chi connectivity index (χ0) is 27.4. The zero-order valence-electron chi connectivity index (χ0n) is 24.6. The number of morpholine rings is 1. The third kappa shape index (κ3) is 6.18. The average Bonchev–Trinajstić information content (AvgIpc) is 3.36. The van der Waals surface area contributed by atoms with E-state index in [0.717, 1.165) is 57.3 Å². The van der Waals surface area contributed by atoms with Gasteiger partial charge in [-0.15, -0.1) is 0 Å². The number of ether oxygens (including phenoxy) is 3. The minimum atomic E-state index is -0.741. The molecular weight excluding hydrogens is 491 g/mol. The molecule has 5 nitrogen and oxygen atoms in total. The maximum atomic E-state index is 5.72. The topological polar surface area (TPSA) is 34.2 Å². The Hall–Kier alpha value is -2.17. The molecule has 206 valence electrons. The first-order chi connectivity index (χ1) is 18.2. The van der Waals surface area contributed by atoms with Gasteiger partial charge in [0, 0.05) is 32.2 Å². The molecule has 2 aromatic rings. The number of hydrogen-bond acceptors (Lipinski definition) is 5. The lowest BCUT2D eigenvalue weighted by Gasteiger charge is -2.33. The van der Waals surface area contributed by atoms with Gasteiger partial charge < -0.3 is 14.2 Å². The van der Waals surface area contributed by atoms with Crippen molar-refractivity contribution in [3.05, 3.63) is 69.6 Å². The molecule has 0 N–H and O–H groups in total. The summed E-state index contributed by atoms with van der Waals surface area (Å²) in [7, 11) is 5.07. The van der Waals surface area contributed by atoms with Crippen LogP contribution in [0.15, 0.2) is 47.3 Å². The van der Waals surface area contributed by atoms with Gasteiger partial charge in [-0.05, 0) is 124 Å². The van der Waals surface area contributed by atoms with E-state index in [4.69, 9.17) is 14.2 Å². The molecule has 1 heterocycles. The fraction of sp³-hybridized carbons (Fsp3) is 0.500. The molecule has 38 heavy (non-hydrogen) atoms. The largest absolute Gasteiger partial charge is 0.496 e. The normalized spacial score (nSPS) is 17.1. The van der Waals surface area contributed by atoms with Crippen LogP contribution in [-0.2, 0) is 4.74 Å². The van der Waals surface area contributed by atoms with E-state index in [-0.39, 0.29) is 0 Å². The van der Waals surface area contributed by atoms with Crippen LogP contribution >= 0.6 is 7.92 Å². The Morgan fingerprint density at radius 2 is 1.39 bits per heavy atom. The smallest absolute Gasteiger partial charge is 0.124 e. The fourth-order valence-electron chi connectivity index (χ4n) is 5.88. The Kier molecular flexibility index (Phi) is 9.70. The number of methoxy groups -OCH3 is 2. The van der Waals surface area contributed by atoms with E-state index in [0.29, 0.717) is 6.04 Å². The number of likely N-dealkylation sites (N-methyl/N-ethyl adjacent to an activating group) is 1. The first kappa shape index (κ1) is 28.8. The van der Waals surface area contributed by atoms with Crippen LogP contribution in [0.4, 0.5) is 0 Å². The van der Waals surface area contributed by atoms with E-state index < -0.39 is 7.92 Å². The highest BCUT2D eigenvalue weighted by molar-refractivity contribution is 7.77. The van der Waals surface area contributed by atoms with Crippen LogP contribution in [0.1, 0.15) is 35.6 Å². The summed E-state index contributed by atoms with van der Waals surface area (Å²) in [6.07, 6.45) is 5.77. The van der Waals surface area contributed by atoms with Crippen LogP contribution in [0.5, 0.6) is 11.5 Å². The van der Waals surface area contributed by atoms with Crippen molar-refractivity contribution in [2.45, 2.75) is 47.1 Å². The van der Waals surface area contributed by atoms with E-state index in [9.17, 15) is 0 Å². The highest BCUT2D eigenvalue weighted by Crippen LogP contribution is 2.50. The van der Waals surface area contributed by atoms with Crippen LogP contribution < -0.4 is 20.1 Å². The van der Waals surface area contributed by atoms with E-state index in [2.05, 4.69) is 87.9 Å². The molecule has 0 aromatic heterocycles. The predicted octanol–water partition coefficient (Wildman–Crippen LogP) is 5.24. The Bertz CT molecular complexity index is 1090. The SMILES string of the molecule is COc1c(C)cc(P(C2=C([C@@H](C)N(C)CCN3CCOCC3)CC=C2)c2cc(C)c(OC)c(C)c2)cc1C. The Labute approximate surface area is 231 Å². The van der Waals surface area contributed by atoms with Gasteiger partial charge in [0.25, 0.3) is 0 Å². The molecule has 1 aliphatic heterocycles. The van der Waals surface area contributed by atoms with E-state index >= 15 is 0 Å². The first-order valence-corrected chi connectivity index (χ1v) is 15.1. The summed E-state index contributed by atoms with van der Waals surface area (Å²) in [5, 5.41) is 4.24. The summed E-state index contributed by atoms with van der Waals surface area (Å²) in [6, 6.07) is 9.74. The van der Waals surface area contributed by atoms with Crippen molar-refractivity contribution in [1.82, 2.24) is 9.80 Å². The number of nitrogens with zero attached hydrogens (tertiary/aromatic N) is 2. The quantitative estimate of drug-likeness (QED) is 0.388. The van der Waals surface area contributed by atoms with Crippen molar-refractivity contribution in [3.63, 3.8) is 0 Å². The number of hydrogen-bond donors (Lipinski definition) is 0. The van der Waals surface area contributed by atoms with E-state index in [1.54, 1.807) is 14.2 Å². The number of rotatable bonds is 10. The van der Waals surface area contributed by atoms with Crippen molar-refractivity contribution in [3.8, 4) is 11.5 Å². The molecule has 1 aliphatic carbocycles.